The number of hydrogen-bond donors (Lipinski definition) is 0. The summed E-state index contributed by atoms with van der Waals surface area (Å²) < 4.78 is 44.1. The second kappa shape index (κ2) is 28.0. The van der Waals surface area contributed by atoms with Gasteiger partial charge in [0.25, 0.3) is 0 Å². The molecule has 0 aliphatic rings. The normalized spacial score (nSPS) is 12.4. The van der Waals surface area contributed by atoms with Gasteiger partial charge in [0.1, 0.15) is 13.2 Å². The van der Waals surface area contributed by atoms with Gasteiger partial charge in [0.2, 0.25) is 10.4 Å². The van der Waals surface area contributed by atoms with Gasteiger partial charge < -0.3 is 18.5 Å². The van der Waals surface area contributed by atoms with Gasteiger partial charge in [-0.3, -0.25) is 8.98 Å². The molecule has 0 fully saturated rings. The average molecular weight is 576 g/mol. The predicted molar refractivity (Wildman–Crippen MR) is 159 cm³/mol. The van der Waals surface area contributed by atoms with E-state index in [-0.39, 0.29) is 12.6 Å². The number of unbranched alkanes of at least 4 members (excludes halogenated alkanes) is 5. The summed E-state index contributed by atoms with van der Waals surface area (Å²) in [7, 11) is -4.42. The van der Waals surface area contributed by atoms with E-state index in [0.717, 1.165) is 75.8 Å². The van der Waals surface area contributed by atoms with Crippen LogP contribution in [0.4, 0.5) is 0 Å². The smallest absolute Gasteiger partial charge is 0.305 e. The van der Waals surface area contributed by atoms with E-state index in [4.69, 9.17) is 9.47 Å². The second-order valence-corrected chi connectivity index (χ2v) is 10.3. The van der Waals surface area contributed by atoms with Crippen molar-refractivity contribution in [2.24, 2.45) is 0 Å². The third-order valence-corrected chi connectivity index (χ3v) is 7.03. The number of carbonyl (C=O) groups is 1. The molecule has 0 aromatic carbocycles. The SMILES string of the molecule is CC/C=C\C/C=C\C/C=C\CCCCCCCC(=O)OCCOCC[N+](CC)(CC)CC.CCOS(=O)(=O)[O-]. The van der Waals surface area contributed by atoms with Crippen molar-refractivity contribution in [3.8, 4) is 0 Å². The van der Waals surface area contributed by atoms with Crippen LogP contribution >= 0.6 is 0 Å². The van der Waals surface area contributed by atoms with E-state index in [2.05, 4.69) is 68.3 Å². The molecule has 0 aromatic heterocycles. The Morgan fingerprint density at radius 1 is 0.744 bits per heavy atom. The van der Waals surface area contributed by atoms with Gasteiger partial charge in [-0.25, -0.2) is 8.42 Å². The Balaban J connectivity index is 0. The predicted octanol–water partition coefficient (Wildman–Crippen LogP) is 6.50. The molecule has 0 aliphatic carbocycles. The van der Waals surface area contributed by atoms with E-state index in [1.54, 1.807) is 0 Å². The van der Waals surface area contributed by atoms with Gasteiger partial charge in [0.15, 0.2) is 0 Å². The fraction of sp³-hybridized carbons (Fsp3) is 0.767. The molecule has 0 radical (unpaired) electrons. The molecule has 0 saturated heterocycles. The highest BCUT2D eigenvalue weighted by Crippen LogP contribution is 2.09. The zero-order valence-corrected chi connectivity index (χ0v) is 26.2. The lowest BCUT2D eigenvalue weighted by molar-refractivity contribution is -0.923. The first-order valence-corrected chi connectivity index (χ1v) is 16.2. The monoisotopic (exact) mass is 575 g/mol. The minimum absolute atomic E-state index is 0.0874. The van der Waals surface area contributed by atoms with Crippen LogP contribution in [0.1, 0.15) is 98.8 Å². The lowest BCUT2D eigenvalue weighted by atomic mass is 10.1. The Bertz CT molecular complexity index is 736. The quantitative estimate of drug-likeness (QED) is 0.0323. The van der Waals surface area contributed by atoms with Crippen molar-refractivity contribution in [3.05, 3.63) is 36.5 Å². The lowest BCUT2D eigenvalue weighted by Crippen LogP contribution is -2.49. The first kappa shape index (κ1) is 39.6. The van der Waals surface area contributed by atoms with Crippen LogP contribution in [-0.4, -0.2) is 76.0 Å². The lowest BCUT2D eigenvalue weighted by Gasteiger charge is -2.35. The van der Waals surface area contributed by atoms with E-state index in [0.29, 0.717) is 19.6 Å². The molecule has 0 spiro atoms. The van der Waals surface area contributed by atoms with Gasteiger partial charge in [0, 0.05) is 6.42 Å². The molecule has 0 rings (SSSR count). The molecule has 0 unspecified atom stereocenters. The fourth-order valence-electron chi connectivity index (χ4n) is 3.82. The number of rotatable bonds is 24. The largest absolute Gasteiger partial charge is 0.726 e. The van der Waals surface area contributed by atoms with Crippen LogP contribution in [0, 0.1) is 0 Å². The molecule has 0 aromatic rings. The van der Waals surface area contributed by atoms with Crippen molar-refractivity contribution in [2.45, 2.75) is 98.8 Å². The van der Waals surface area contributed by atoms with Gasteiger partial charge >= 0.3 is 5.97 Å². The maximum absolute atomic E-state index is 11.8. The van der Waals surface area contributed by atoms with Crippen molar-refractivity contribution in [3.63, 3.8) is 0 Å². The molecule has 0 N–H and O–H groups in total. The summed E-state index contributed by atoms with van der Waals surface area (Å²) in [5.74, 6) is -0.0874. The molecule has 0 aliphatic heterocycles. The molecule has 230 valence electrons. The van der Waals surface area contributed by atoms with Crippen LogP contribution in [0.3, 0.4) is 0 Å². The van der Waals surface area contributed by atoms with Gasteiger partial charge in [-0.1, -0.05) is 62.6 Å². The van der Waals surface area contributed by atoms with Gasteiger partial charge in [0.05, 0.1) is 39.5 Å². The molecule has 0 saturated carbocycles. The summed E-state index contributed by atoms with van der Waals surface area (Å²) >= 11 is 0. The van der Waals surface area contributed by atoms with Crippen LogP contribution in [0.25, 0.3) is 0 Å². The van der Waals surface area contributed by atoms with Crippen molar-refractivity contribution in [1.29, 1.82) is 0 Å². The molecule has 0 bridgehead atoms. The minimum atomic E-state index is -4.42. The fourth-order valence-corrected chi connectivity index (χ4v) is 4.11. The molecular weight excluding hydrogens is 518 g/mol. The van der Waals surface area contributed by atoms with E-state index < -0.39 is 10.4 Å². The number of carbonyl (C=O) groups excluding carboxylic acids is 1. The van der Waals surface area contributed by atoms with Crippen molar-refractivity contribution in [2.75, 3.05) is 52.6 Å². The number of quaternary nitrogens is 1. The molecule has 8 nitrogen and oxygen atoms in total. The summed E-state index contributed by atoms with van der Waals surface area (Å²) in [6, 6.07) is 0. The third kappa shape index (κ3) is 29.3. The first-order valence-electron chi connectivity index (χ1n) is 14.8. The minimum Gasteiger partial charge on any atom is -0.726 e. The Labute approximate surface area is 240 Å². The Morgan fingerprint density at radius 2 is 1.31 bits per heavy atom. The number of nitrogens with zero attached hydrogens (tertiary/aromatic N) is 1. The summed E-state index contributed by atoms with van der Waals surface area (Å²) in [4.78, 5) is 11.8. The second-order valence-electron chi connectivity index (χ2n) is 9.26. The number of hydrogen-bond acceptors (Lipinski definition) is 7. The summed E-state index contributed by atoms with van der Waals surface area (Å²) in [5, 5.41) is 0. The summed E-state index contributed by atoms with van der Waals surface area (Å²) in [6.07, 6.45) is 24.0. The van der Waals surface area contributed by atoms with Gasteiger partial charge in [-0.2, -0.15) is 0 Å². The van der Waals surface area contributed by atoms with E-state index >= 15 is 0 Å². The molecule has 9 heteroatoms. The number of ether oxygens (including phenoxy) is 2. The number of likely N-dealkylation sites (N-methyl/N-ethyl adjacent to an activating group) is 1. The molecule has 0 amide bonds. The Morgan fingerprint density at radius 3 is 1.85 bits per heavy atom. The molecule has 0 heterocycles. The van der Waals surface area contributed by atoms with Crippen molar-refractivity contribution in [1.82, 2.24) is 0 Å². The third-order valence-electron chi connectivity index (χ3n) is 6.51. The topological polar surface area (TPSA) is 102 Å². The maximum atomic E-state index is 11.8. The molecular formula is C30H57NO7S. The standard InChI is InChI=1S/C28H52NO3.C2H6O4S/c1-5-9-10-11-12-13-14-15-16-17-18-19-20-21-22-23-28(30)32-27-26-31-25-24-29(6-2,7-3)8-4;1-2-6-7(3,4)5/h9-10,12-13,15-16H,5-8,11,14,17-27H2,1-4H3;2H2,1H3,(H,3,4,5)/q+1;/p-1/b10-9-,13-12-,16-15-;. The van der Waals surface area contributed by atoms with Gasteiger partial charge in [-0.05, 0) is 66.2 Å². The highest BCUT2D eigenvalue weighted by molar-refractivity contribution is 7.80. The molecule has 0 atom stereocenters. The number of esters is 1. The Hall–Kier alpha value is -1.52. The first-order chi connectivity index (χ1) is 18.7. The summed E-state index contributed by atoms with van der Waals surface area (Å²) in [6.45, 7) is 16.2. The Kier molecular flexibility index (Phi) is 28.5. The van der Waals surface area contributed by atoms with Crippen LogP contribution < -0.4 is 0 Å². The summed E-state index contributed by atoms with van der Waals surface area (Å²) in [5.41, 5.74) is 0. The van der Waals surface area contributed by atoms with E-state index in [1.807, 2.05) is 0 Å². The van der Waals surface area contributed by atoms with Crippen LogP contribution in [-0.2, 0) is 28.9 Å². The van der Waals surface area contributed by atoms with Crippen LogP contribution in [0.5, 0.6) is 0 Å². The molecule has 39 heavy (non-hydrogen) atoms. The zero-order valence-electron chi connectivity index (χ0n) is 25.4. The average Bonchev–Trinajstić information content (AvgIpc) is 2.90. The van der Waals surface area contributed by atoms with Gasteiger partial charge in [-0.15, -0.1) is 0 Å². The van der Waals surface area contributed by atoms with Crippen LogP contribution in [0.15, 0.2) is 36.5 Å². The van der Waals surface area contributed by atoms with E-state index in [9.17, 15) is 17.8 Å². The van der Waals surface area contributed by atoms with Crippen molar-refractivity contribution >= 4 is 16.4 Å². The number of allylic oxidation sites excluding steroid dienone is 6. The van der Waals surface area contributed by atoms with Crippen molar-refractivity contribution < 1.29 is 35.9 Å². The maximum Gasteiger partial charge on any atom is 0.305 e. The zero-order chi connectivity index (χ0) is 29.7. The van der Waals surface area contributed by atoms with E-state index in [1.165, 1.54) is 26.2 Å². The highest BCUT2D eigenvalue weighted by atomic mass is 32.3. The van der Waals surface area contributed by atoms with Crippen LogP contribution in [0.2, 0.25) is 0 Å². The highest BCUT2D eigenvalue weighted by Gasteiger charge is 2.19.